The van der Waals surface area contributed by atoms with Gasteiger partial charge < -0.3 is 9.84 Å². The lowest BCUT2D eigenvalue weighted by Gasteiger charge is -2.03. The number of carbonyl (C=O) groups is 1. The van der Waals surface area contributed by atoms with Gasteiger partial charge in [0.05, 0.1) is 16.9 Å². The molecule has 1 heterocycles. The van der Waals surface area contributed by atoms with Crippen molar-refractivity contribution >= 4 is 34.7 Å². The van der Waals surface area contributed by atoms with E-state index in [1.165, 1.54) is 19.4 Å². The molecule has 0 radical (unpaired) electrons. The van der Waals surface area contributed by atoms with Crippen LogP contribution in [-0.4, -0.2) is 34.1 Å². The number of aromatic hydroxyl groups is 1. The molecule has 8 heteroatoms. The second-order valence-corrected chi connectivity index (χ2v) is 5.29. The first kappa shape index (κ1) is 15.3. The van der Waals surface area contributed by atoms with E-state index in [9.17, 15) is 9.90 Å². The maximum absolute atomic E-state index is 11.9. The summed E-state index contributed by atoms with van der Waals surface area (Å²) in [5, 5.41) is 17.4. The molecule has 7 nitrogen and oxygen atoms in total. The average molecular weight is 400 g/mol. The molecule has 0 bridgehead atoms. The van der Waals surface area contributed by atoms with Crippen molar-refractivity contribution in [3.63, 3.8) is 0 Å². The van der Waals surface area contributed by atoms with Gasteiger partial charge in [0, 0.05) is 13.2 Å². The molecule has 0 saturated carbocycles. The SMILES string of the molecule is COc1cc(/C=N/NC(=O)c2nn(C)cc2I)ccc1O. The number of hydrazone groups is 1. The number of hydrogen-bond acceptors (Lipinski definition) is 5. The lowest BCUT2D eigenvalue weighted by Crippen LogP contribution is -2.19. The summed E-state index contributed by atoms with van der Waals surface area (Å²) in [6.45, 7) is 0. The first-order chi connectivity index (χ1) is 10.0. The third kappa shape index (κ3) is 3.72. The summed E-state index contributed by atoms with van der Waals surface area (Å²) in [7, 11) is 3.20. The van der Waals surface area contributed by atoms with Crippen LogP contribution in [0.3, 0.4) is 0 Å². The number of phenolic OH excluding ortho intramolecular Hbond substituents is 1. The lowest BCUT2D eigenvalue weighted by molar-refractivity contribution is 0.0948. The summed E-state index contributed by atoms with van der Waals surface area (Å²) in [6, 6.07) is 4.75. The number of nitrogens with one attached hydrogen (secondary N) is 1. The molecule has 0 atom stereocenters. The van der Waals surface area contributed by atoms with E-state index < -0.39 is 0 Å². The van der Waals surface area contributed by atoms with Crippen LogP contribution in [0.15, 0.2) is 29.5 Å². The molecule has 1 aromatic carbocycles. The molecule has 0 aliphatic carbocycles. The number of carbonyl (C=O) groups excluding carboxylic acids is 1. The highest BCUT2D eigenvalue weighted by Crippen LogP contribution is 2.25. The Morgan fingerprint density at radius 1 is 1.57 bits per heavy atom. The molecule has 0 aliphatic rings. The van der Waals surface area contributed by atoms with Gasteiger partial charge in [0.15, 0.2) is 17.2 Å². The van der Waals surface area contributed by atoms with Crippen LogP contribution in [0.1, 0.15) is 16.1 Å². The molecule has 110 valence electrons. The third-order valence-corrected chi connectivity index (χ3v) is 3.37. The molecule has 2 N–H and O–H groups in total. The van der Waals surface area contributed by atoms with Crippen molar-refractivity contribution in [1.29, 1.82) is 0 Å². The van der Waals surface area contributed by atoms with Gasteiger partial charge >= 0.3 is 0 Å². The Balaban J connectivity index is 2.05. The number of phenols is 1. The van der Waals surface area contributed by atoms with Gasteiger partial charge in [0.2, 0.25) is 0 Å². The van der Waals surface area contributed by atoms with E-state index in [0.29, 0.717) is 17.0 Å². The molecule has 0 spiro atoms. The summed E-state index contributed by atoms with van der Waals surface area (Å²) in [5.74, 6) is -0.00623. The lowest BCUT2D eigenvalue weighted by atomic mass is 10.2. The second-order valence-electron chi connectivity index (χ2n) is 4.13. The molecular formula is C13H13IN4O3. The van der Waals surface area contributed by atoms with Crippen molar-refractivity contribution in [3.8, 4) is 11.5 Å². The molecule has 0 fully saturated rings. The molecule has 1 amide bonds. The number of nitrogens with zero attached hydrogens (tertiary/aromatic N) is 3. The Hall–Kier alpha value is -2.10. The van der Waals surface area contributed by atoms with E-state index >= 15 is 0 Å². The van der Waals surface area contributed by atoms with Crippen molar-refractivity contribution in [2.24, 2.45) is 12.1 Å². The monoisotopic (exact) mass is 400 g/mol. The molecule has 21 heavy (non-hydrogen) atoms. The number of amides is 1. The zero-order chi connectivity index (χ0) is 15.4. The van der Waals surface area contributed by atoms with E-state index in [-0.39, 0.29) is 11.7 Å². The van der Waals surface area contributed by atoms with Crippen LogP contribution in [-0.2, 0) is 7.05 Å². The maximum Gasteiger partial charge on any atom is 0.292 e. The topological polar surface area (TPSA) is 88.7 Å². The molecule has 0 aliphatic heterocycles. The normalized spacial score (nSPS) is 10.8. The fourth-order valence-electron chi connectivity index (χ4n) is 1.61. The van der Waals surface area contributed by atoms with Gasteiger partial charge in [-0.3, -0.25) is 9.48 Å². The average Bonchev–Trinajstić information content (AvgIpc) is 2.79. The van der Waals surface area contributed by atoms with E-state index in [1.807, 2.05) is 22.6 Å². The number of aromatic nitrogens is 2. The van der Waals surface area contributed by atoms with Gasteiger partial charge in [-0.05, 0) is 46.4 Å². The van der Waals surface area contributed by atoms with Crippen molar-refractivity contribution in [1.82, 2.24) is 15.2 Å². The van der Waals surface area contributed by atoms with E-state index in [1.54, 1.807) is 30.1 Å². The minimum Gasteiger partial charge on any atom is -0.504 e. The summed E-state index contributed by atoms with van der Waals surface area (Å²) in [5.41, 5.74) is 3.40. The summed E-state index contributed by atoms with van der Waals surface area (Å²) < 4.78 is 7.29. The highest BCUT2D eigenvalue weighted by molar-refractivity contribution is 14.1. The Kier molecular flexibility index (Phi) is 4.78. The van der Waals surface area contributed by atoms with Gasteiger partial charge in [0.1, 0.15) is 0 Å². The van der Waals surface area contributed by atoms with Crippen LogP contribution in [0.25, 0.3) is 0 Å². The highest BCUT2D eigenvalue weighted by Gasteiger charge is 2.13. The Morgan fingerprint density at radius 2 is 2.33 bits per heavy atom. The summed E-state index contributed by atoms with van der Waals surface area (Å²) in [6.07, 6.45) is 3.19. The first-order valence-electron chi connectivity index (χ1n) is 5.91. The predicted octanol–water partition coefficient (Wildman–Crippen LogP) is 1.50. The zero-order valence-electron chi connectivity index (χ0n) is 11.4. The predicted molar refractivity (Wildman–Crippen MR) is 85.6 cm³/mol. The molecule has 1 aromatic heterocycles. The highest BCUT2D eigenvalue weighted by atomic mass is 127. The van der Waals surface area contributed by atoms with Crippen LogP contribution < -0.4 is 10.2 Å². The van der Waals surface area contributed by atoms with Crippen molar-refractivity contribution in [2.75, 3.05) is 7.11 Å². The number of methoxy groups -OCH3 is 1. The number of rotatable bonds is 4. The first-order valence-corrected chi connectivity index (χ1v) is 6.98. The summed E-state index contributed by atoms with van der Waals surface area (Å²) in [4.78, 5) is 11.9. The van der Waals surface area contributed by atoms with Crippen LogP contribution in [0.4, 0.5) is 0 Å². The number of ether oxygens (including phenoxy) is 1. The molecule has 0 saturated heterocycles. The standard InChI is InChI=1S/C13H13IN4O3/c1-18-7-9(14)12(17-18)13(20)16-15-6-8-3-4-10(19)11(5-8)21-2/h3-7,19H,1-2H3,(H,16,20)/b15-6+. The van der Waals surface area contributed by atoms with Crippen molar-refractivity contribution in [2.45, 2.75) is 0 Å². The van der Waals surface area contributed by atoms with Crippen molar-refractivity contribution in [3.05, 3.63) is 39.2 Å². The maximum atomic E-state index is 11.9. The van der Waals surface area contributed by atoms with E-state index in [0.717, 1.165) is 3.57 Å². The third-order valence-electron chi connectivity index (χ3n) is 2.58. The van der Waals surface area contributed by atoms with Gasteiger partial charge in [-0.2, -0.15) is 10.2 Å². The van der Waals surface area contributed by atoms with Crippen LogP contribution in [0, 0.1) is 3.57 Å². The van der Waals surface area contributed by atoms with Gasteiger partial charge in [0.25, 0.3) is 5.91 Å². The van der Waals surface area contributed by atoms with E-state index in [4.69, 9.17) is 4.74 Å². The fraction of sp³-hybridized carbons (Fsp3) is 0.154. The molecule has 0 unspecified atom stereocenters. The Morgan fingerprint density at radius 3 is 2.95 bits per heavy atom. The number of aryl methyl sites for hydroxylation is 1. The number of halogens is 1. The van der Waals surface area contributed by atoms with Crippen molar-refractivity contribution < 1.29 is 14.6 Å². The van der Waals surface area contributed by atoms with Crippen LogP contribution >= 0.6 is 22.6 Å². The minimum absolute atomic E-state index is 0.0433. The number of hydrogen-bond donors (Lipinski definition) is 2. The quantitative estimate of drug-likeness (QED) is 0.463. The molecular weight excluding hydrogens is 387 g/mol. The van der Waals surface area contributed by atoms with Gasteiger partial charge in [-0.1, -0.05) is 0 Å². The Bertz CT molecular complexity index is 697. The largest absolute Gasteiger partial charge is 0.504 e. The van der Waals surface area contributed by atoms with E-state index in [2.05, 4.69) is 15.6 Å². The molecule has 2 rings (SSSR count). The number of benzene rings is 1. The minimum atomic E-state index is -0.387. The zero-order valence-corrected chi connectivity index (χ0v) is 13.5. The summed E-state index contributed by atoms with van der Waals surface area (Å²) >= 11 is 2.03. The Labute approximate surface area is 134 Å². The fourth-order valence-corrected chi connectivity index (χ4v) is 2.36. The van der Waals surface area contributed by atoms with Crippen LogP contribution in [0.5, 0.6) is 11.5 Å². The van der Waals surface area contributed by atoms with Crippen LogP contribution in [0.2, 0.25) is 0 Å². The second kappa shape index (κ2) is 6.57. The molecule has 2 aromatic rings. The van der Waals surface area contributed by atoms with Gasteiger partial charge in [-0.25, -0.2) is 5.43 Å². The smallest absolute Gasteiger partial charge is 0.292 e. The van der Waals surface area contributed by atoms with Gasteiger partial charge in [-0.15, -0.1) is 0 Å².